The molecule has 0 aromatic heterocycles. The second kappa shape index (κ2) is 45.9. The van der Waals surface area contributed by atoms with Gasteiger partial charge in [-0.15, -0.1) is 0 Å². The number of carbonyl (C=O) groups is 13. The van der Waals surface area contributed by atoms with Crippen LogP contribution in [0.5, 0.6) is 0 Å². The molecule has 4 aromatic carbocycles. The number of aliphatic hydroxyl groups excluding tert-OH is 2. The molecule has 29 nitrogen and oxygen atoms in total. The standard InChI is InChI=1S/C90H134N14O15/c1-21-58(8)76-89(118)96(13)61(11)83(112)100(17)71(48-56(4)5)86(115)103(20)74(53-66-43-33-25-34-44-66)88(117)102(19)72(49-57(6)7)85(114)97(14)68(47-55(2)3)80(109)93-67(54-75(106)91-59(9)78(107)95-77(62(12)105)90(119)99(16)70(81(110)94-76)51-64-39-29-23-30-40-64)84(113)101(18)73(52-65-41-31-24-32-42-65)87(116)98(15)69(50-63-37-27-22-28-38-63)79(108)92-60(10)82(111)104-45-35-26-36-46-104/h22-25,27-34,37-44,55-62,67-74,76-77,81,94,105,110H,21,26,35-36,45-54H2,1-20H3,(H,91,106)(H,92,108)(H,93,109)(H,95,107)/t58-,59+,60-,61-,62?,67-,68-,69-,70-,71-,72-,73-,74-,76-,77-,81?/m0/s1. The number of nitrogens with zero attached hydrogens (tertiary/aromatic N) is 9. The first-order valence-corrected chi connectivity index (χ1v) is 42.0. The van der Waals surface area contributed by atoms with E-state index in [9.17, 15) is 24.6 Å². The second-order valence-electron chi connectivity index (χ2n) is 34.0. The highest BCUT2D eigenvalue weighted by Crippen LogP contribution is 2.27. The number of aliphatic hydroxyl groups is 2. The number of likely N-dealkylation sites (N-methyl/N-ethyl adjacent to an activating group) is 8. The molecule has 0 saturated carbocycles. The van der Waals surface area contributed by atoms with Crippen LogP contribution < -0.4 is 26.6 Å². The van der Waals surface area contributed by atoms with Gasteiger partial charge in [0, 0.05) is 88.7 Å². The van der Waals surface area contributed by atoms with Crippen LogP contribution >= 0.6 is 0 Å². The Hall–Kier alpha value is -10.1. The van der Waals surface area contributed by atoms with E-state index in [0.717, 1.165) is 29.1 Å². The quantitative estimate of drug-likeness (QED) is 0.0494. The molecule has 6 rings (SSSR count). The molecule has 119 heavy (non-hydrogen) atoms. The zero-order valence-corrected chi connectivity index (χ0v) is 73.6. The largest absolute Gasteiger partial charge is 0.391 e. The molecule has 0 spiro atoms. The number of benzene rings is 4. The zero-order chi connectivity index (χ0) is 88.6. The van der Waals surface area contributed by atoms with Crippen molar-refractivity contribution in [2.75, 3.05) is 69.5 Å². The molecule has 13 amide bonds. The van der Waals surface area contributed by atoms with E-state index in [0.29, 0.717) is 41.8 Å². The highest BCUT2D eigenvalue weighted by molar-refractivity contribution is 6.01. The van der Waals surface area contributed by atoms with Crippen molar-refractivity contribution in [3.05, 3.63) is 144 Å². The van der Waals surface area contributed by atoms with Gasteiger partial charge in [0.2, 0.25) is 76.8 Å². The van der Waals surface area contributed by atoms with Crippen molar-refractivity contribution < 1.29 is 72.5 Å². The Morgan fingerprint density at radius 1 is 0.487 bits per heavy atom. The molecular weight excluding hydrogens is 1520 g/mol. The van der Waals surface area contributed by atoms with E-state index >= 15 is 47.9 Å². The Morgan fingerprint density at radius 2 is 0.916 bits per heavy atom. The first-order valence-electron chi connectivity index (χ1n) is 42.0. The molecule has 2 aliphatic rings. The number of hydrogen-bond donors (Lipinski definition) is 7. The van der Waals surface area contributed by atoms with E-state index in [4.69, 9.17) is 0 Å². The maximum atomic E-state index is 16.1. The van der Waals surface area contributed by atoms with Crippen molar-refractivity contribution in [1.82, 2.24) is 70.7 Å². The number of carbonyl (C=O) groups excluding carboxylic acids is 13. The summed E-state index contributed by atoms with van der Waals surface area (Å²) in [5, 5.41) is 38.0. The minimum atomic E-state index is -1.93. The van der Waals surface area contributed by atoms with Gasteiger partial charge in [-0.3, -0.25) is 67.6 Å². The lowest BCUT2D eigenvalue weighted by Crippen LogP contribution is -2.63. The highest BCUT2D eigenvalue weighted by Gasteiger charge is 2.46. The van der Waals surface area contributed by atoms with Crippen LogP contribution in [0.15, 0.2) is 121 Å². The lowest BCUT2D eigenvalue weighted by molar-refractivity contribution is -0.156. The van der Waals surface area contributed by atoms with Gasteiger partial charge in [-0.05, 0) is 119 Å². The number of likely N-dealkylation sites (tertiary alicyclic amines) is 1. The van der Waals surface area contributed by atoms with Crippen molar-refractivity contribution in [2.45, 2.75) is 251 Å². The zero-order valence-electron chi connectivity index (χ0n) is 73.6. The lowest BCUT2D eigenvalue weighted by Gasteiger charge is -2.41. The summed E-state index contributed by atoms with van der Waals surface area (Å²) in [6, 6.07) is 17.3. The SMILES string of the molecule is CC[C@H](C)[C@@H]1NC(O)[C@H](Cc2ccccc2)N(C)C(=O)[C@H](C(C)O)NC(=O)[C@@H](C)NC(=O)C[C@@H](C(=O)N(C)[C@@H](Cc2ccccc2)C(=O)N(C)[C@@H](Cc2ccccc2)C(=O)N[C@@H](C)C(=O)N2CCCCC2)NC(=O)[C@H](CC(C)C)N(C)C(=O)[C@H](CC(C)C)N(C)C(=O)[C@H](Cc2ccccc2)N(C)C(=O)[C@H](CC(C)C)N(C)C(=O)[C@H](C)N(C)C1=O. The molecule has 4 aromatic rings. The van der Waals surface area contributed by atoms with Crippen molar-refractivity contribution in [2.24, 2.45) is 23.7 Å². The molecule has 2 heterocycles. The smallest absolute Gasteiger partial charge is 0.247 e. The predicted molar refractivity (Wildman–Crippen MR) is 455 cm³/mol. The number of hydrogen-bond acceptors (Lipinski definition) is 16. The Bertz CT molecular complexity index is 4040. The number of rotatable bonds is 24. The lowest BCUT2D eigenvalue weighted by atomic mass is 9.95. The second-order valence-corrected chi connectivity index (χ2v) is 34.0. The van der Waals surface area contributed by atoms with Crippen LogP contribution in [0.1, 0.15) is 157 Å². The molecule has 2 aliphatic heterocycles. The summed E-state index contributed by atoms with van der Waals surface area (Å²) in [7, 11) is 11.3. The molecule has 654 valence electrons. The van der Waals surface area contributed by atoms with Crippen LogP contribution in [0.2, 0.25) is 0 Å². The van der Waals surface area contributed by atoms with Crippen LogP contribution in [0.4, 0.5) is 0 Å². The van der Waals surface area contributed by atoms with Crippen molar-refractivity contribution in [1.29, 1.82) is 0 Å². The minimum Gasteiger partial charge on any atom is -0.391 e. The molecule has 7 N–H and O–H groups in total. The molecule has 29 heteroatoms. The van der Waals surface area contributed by atoms with Gasteiger partial charge in [0.1, 0.15) is 72.7 Å². The fourth-order valence-corrected chi connectivity index (χ4v) is 15.5. The summed E-state index contributed by atoms with van der Waals surface area (Å²) in [6.07, 6.45) is -1.58. The van der Waals surface area contributed by atoms with Crippen LogP contribution in [0.3, 0.4) is 0 Å². The van der Waals surface area contributed by atoms with E-state index < -0.39 is 174 Å². The average Bonchev–Trinajstić information content (AvgIpc) is 0.952. The van der Waals surface area contributed by atoms with Crippen LogP contribution in [-0.2, 0) is 88.0 Å². The summed E-state index contributed by atoms with van der Waals surface area (Å²) >= 11 is 0. The molecular formula is C90H134N14O15. The van der Waals surface area contributed by atoms with E-state index in [2.05, 4.69) is 26.6 Å². The first kappa shape index (κ1) is 97.7. The number of nitrogens with one attached hydrogen (secondary N) is 5. The highest BCUT2D eigenvalue weighted by atomic mass is 16.3. The summed E-state index contributed by atoms with van der Waals surface area (Å²) in [5.74, 6) is -11.2. The van der Waals surface area contributed by atoms with Gasteiger partial charge >= 0.3 is 0 Å². The van der Waals surface area contributed by atoms with Gasteiger partial charge < -0.3 is 75.6 Å². The molecule has 2 fully saturated rings. The fourth-order valence-electron chi connectivity index (χ4n) is 15.5. The Labute approximate surface area is 704 Å². The maximum absolute atomic E-state index is 16.1. The molecule has 0 aliphatic carbocycles. The van der Waals surface area contributed by atoms with E-state index in [1.165, 1.54) is 107 Å². The summed E-state index contributed by atoms with van der Waals surface area (Å²) in [4.78, 5) is 211. The molecule has 16 atom stereocenters. The van der Waals surface area contributed by atoms with Gasteiger partial charge in [0.15, 0.2) is 0 Å². The summed E-state index contributed by atoms with van der Waals surface area (Å²) in [5.41, 5.74) is 2.51. The van der Waals surface area contributed by atoms with E-state index in [1.807, 2.05) is 34.6 Å². The predicted octanol–water partition coefficient (Wildman–Crippen LogP) is 4.83. The molecule has 0 bridgehead atoms. The van der Waals surface area contributed by atoms with E-state index in [-0.39, 0.29) is 68.6 Å². The van der Waals surface area contributed by atoms with E-state index in [1.54, 1.807) is 154 Å². The van der Waals surface area contributed by atoms with Crippen molar-refractivity contribution in [3.63, 3.8) is 0 Å². The van der Waals surface area contributed by atoms with Crippen LogP contribution in [0, 0.1) is 23.7 Å². The van der Waals surface area contributed by atoms with Gasteiger partial charge in [-0.2, -0.15) is 0 Å². The average molecular weight is 1650 g/mol. The van der Waals surface area contributed by atoms with Gasteiger partial charge in [-0.1, -0.05) is 183 Å². The van der Waals surface area contributed by atoms with Crippen molar-refractivity contribution in [3.8, 4) is 0 Å². The normalized spacial score (nSPS) is 24.1. The topological polar surface area (TPSA) is 352 Å². The van der Waals surface area contributed by atoms with Gasteiger partial charge in [0.25, 0.3) is 0 Å². The third-order valence-electron chi connectivity index (χ3n) is 23.4. The Kier molecular flexibility index (Phi) is 37.7. The Morgan fingerprint density at radius 3 is 1.39 bits per heavy atom. The van der Waals surface area contributed by atoms with Crippen molar-refractivity contribution >= 4 is 76.8 Å². The van der Waals surface area contributed by atoms with Gasteiger partial charge in [0.05, 0.1) is 24.6 Å². The molecule has 2 saturated heterocycles. The van der Waals surface area contributed by atoms with Crippen LogP contribution in [0.25, 0.3) is 0 Å². The monoisotopic (exact) mass is 1650 g/mol. The molecule has 0 radical (unpaired) electrons. The number of amides is 13. The van der Waals surface area contributed by atoms with Crippen LogP contribution in [-0.4, -0.2) is 291 Å². The van der Waals surface area contributed by atoms with Gasteiger partial charge in [-0.25, -0.2) is 0 Å². The minimum absolute atomic E-state index is 0.0324. The fraction of sp³-hybridized carbons (Fsp3) is 0.589. The first-order chi connectivity index (χ1) is 56.1. The number of piperidine rings is 1. The third-order valence-corrected chi connectivity index (χ3v) is 23.4. The summed E-state index contributed by atoms with van der Waals surface area (Å²) in [6.45, 7) is 21.4. The Balaban J connectivity index is 1.54. The summed E-state index contributed by atoms with van der Waals surface area (Å²) < 4.78 is 0. The third kappa shape index (κ3) is 26.9. The molecule has 2 unspecified atom stereocenters. The maximum Gasteiger partial charge on any atom is 0.247 e.